The van der Waals surface area contributed by atoms with Crippen LogP contribution in [0.4, 0.5) is 10.1 Å². The molecule has 1 amide bonds. The number of methoxy groups -OCH3 is 1. The molecule has 0 unspecified atom stereocenters. The molecule has 11 heteroatoms. The van der Waals surface area contributed by atoms with Crippen molar-refractivity contribution in [1.29, 1.82) is 0 Å². The number of benzene rings is 2. The van der Waals surface area contributed by atoms with Crippen molar-refractivity contribution < 1.29 is 27.1 Å². The molecule has 0 bridgehead atoms. The SMILES string of the molecule is COc1ccc(S(=O)(=O)N2CCOCC2)cc1NC(=O)c1cnc(-c2ccccc2F)s1. The van der Waals surface area contributed by atoms with Gasteiger partial charge in [-0.15, -0.1) is 11.3 Å². The van der Waals surface area contributed by atoms with Gasteiger partial charge in [0, 0.05) is 18.7 Å². The fourth-order valence-corrected chi connectivity index (χ4v) is 5.48. The van der Waals surface area contributed by atoms with Crippen molar-refractivity contribution >= 4 is 33.0 Å². The quantitative estimate of drug-likeness (QED) is 0.586. The van der Waals surface area contributed by atoms with Gasteiger partial charge in [0.2, 0.25) is 10.0 Å². The van der Waals surface area contributed by atoms with E-state index in [1.165, 1.54) is 41.9 Å². The minimum Gasteiger partial charge on any atom is -0.495 e. The third-order valence-corrected chi connectivity index (χ3v) is 7.78. The molecule has 4 rings (SSSR count). The molecule has 0 radical (unpaired) electrons. The lowest BCUT2D eigenvalue weighted by atomic mass is 10.2. The Morgan fingerprint density at radius 1 is 1.22 bits per heavy atom. The van der Waals surface area contributed by atoms with Crippen molar-refractivity contribution in [3.63, 3.8) is 0 Å². The molecule has 1 fully saturated rings. The second kappa shape index (κ2) is 9.33. The number of nitrogens with zero attached hydrogens (tertiary/aromatic N) is 2. The van der Waals surface area contributed by atoms with E-state index in [1.807, 2.05) is 0 Å². The van der Waals surface area contributed by atoms with E-state index < -0.39 is 21.7 Å². The van der Waals surface area contributed by atoms with Crippen molar-refractivity contribution in [2.24, 2.45) is 0 Å². The summed E-state index contributed by atoms with van der Waals surface area (Å²) in [6, 6.07) is 10.4. The van der Waals surface area contributed by atoms with E-state index in [1.54, 1.807) is 18.2 Å². The number of hydrogen-bond acceptors (Lipinski definition) is 7. The molecule has 1 N–H and O–H groups in total. The maximum absolute atomic E-state index is 14.0. The van der Waals surface area contributed by atoms with Gasteiger partial charge in [-0.3, -0.25) is 4.79 Å². The molecule has 2 aromatic carbocycles. The second-order valence-corrected chi connectivity index (χ2v) is 9.81. The Kier molecular flexibility index (Phi) is 6.51. The van der Waals surface area contributed by atoms with Crippen LogP contribution in [0.3, 0.4) is 0 Å². The largest absolute Gasteiger partial charge is 0.495 e. The van der Waals surface area contributed by atoms with E-state index in [2.05, 4.69) is 10.3 Å². The number of amides is 1. The van der Waals surface area contributed by atoms with Gasteiger partial charge in [0.15, 0.2) is 0 Å². The van der Waals surface area contributed by atoms with E-state index in [4.69, 9.17) is 9.47 Å². The summed E-state index contributed by atoms with van der Waals surface area (Å²) in [6.07, 6.45) is 1.35. The summed E-state index contributed by atoms with van der Waals surface area (Å²) in [5.41, 5.74) is 0.500. The van der Waals surface area contributed by atoms with Crippen LogP contribution in [-0.2, 0) is 14.8 Å². The third kappa shape index (κ3) is 4.51. The van der Waals surface area contributed by atoms with Gasteiger partial charge in [-0.1, -0.05) is 12.1 Å². The van der Waals surface area contributed by atoms with Gasteiger partial charge in [-0.2, -0.15) is 4.31 Å². The van der Waals surface area contributed by atoms with Gasteiger partial charge >= 0.3 is 0 Å². The van der Waals surface area contributed by atoms with E-state index >= 15 is 0 Å². The Morgan fingerprint density at radius 2 is 1.97 bits per heavy atom. The molecule has 1 aliphatic rings. The number of aromatic nitrogens is 1. The Labute approximate surface area is 188 Å². The number of carbonyl (C=O) groups is 1. The molecule has 32 heavy (non-hydrogen) atoms. The van der Waals surface area contributed by atoms with E-state index in [-0.39, 0.29) is 28.5 Å². The number of anilines is 1. The Bertz CT molecular complexity index is 1240. The number of nitrogens with one attached hydrogen (secondary N) is 1. The van der Waals surface area contributed by atoms with Crippen LogP contribution in [0.5, 0.6) is 5.75 Å². The average Bonchev–Trinajstić information content (AvgIpc) is 3.30. The maximum atomic E-state index is 14.0. The van der Waals surface area contributed by atoms with Gasteiger partial charge in [0.25, 0.3) is 5.91 Å². The molecule has 8 nitrogen and oxygen atoms in total. The number of rotatable bonds is 6. The lowest BCUT2D eigenvalue weighted by Gasteiger charge is -2.26. The first-order chi connectivity index (χ1) is 15.4. The van der Waals surface area contributed by atoms with Crippen molar-refractivity contribution in [3.8, 4) is 16.3 Å². The summed E-state index contributed by atoms with van der Waals surface area (Å²) >= 11 is 1.03. The van der Waals surface area contributed by atoms with Gasteiger partial charge in [0.1, 0.15) is 21.5 Å². The first-order valence-electron chi connectivity index (χ1n) is 9.68. The molecule has 0 atom stereocenters. The highest BCUT2D eigenvalue weighted by Gasteiger charge is 2.27. The topological polar surface area (TPSA) is 97.8 Å². The highest BCUT2D eigenvalue weighted by atomic mass is 32.2. The average molecular weight is 478 g/mol. The zero-order valence-electron chi connectivity index (χ0n) is 17.1. The van der Waals surface area contributed by atoms with E-state index in [9.17, 15) is 17.6 Å². The second-order valence-electron chi connectivity index (χ2n) is 6.84. The van der Waals surface area contributed by atoms with Crippen molar-refractivity contribution in [3.05, 3.63) is 59.4 Å². The number of thiazole rings is 1. The first-order valence-corrected chi connectivity index (χ1v) is 11.9. The standard InChI is InChI=1S/C21H20FN3O5S2/c1-29-18-7-6-14(32(27,28)25-8-10-30-11-9-25)12-17(18)24-20(26)19-13-23-21(31-19)15-4-2-3-5-16(15)22/h2-7,12-13H,8-11H2,1H3,(H,24,26). The zero-order valence-corrected chi connectivity index (χ0v) is 18.7. The Balaban J connectivity index is 1.59. The fraction of sp³-hybridized carbons (Fsp3) is 0.238. The summed E-state index contributed by atoms with van der Waals surface area (Å²) in [6.45, 7) is 1.18. The molecule has 0 aliphatic carbocycles. The lowest BCUT2D eigenvalue weighted by molar-refractivity contribution is 0.0730. The van der Waals surface area contributed by atoms with Crippen LogP contribution < -0.4 is 10.1 Å². The van der Waals surface area contributed by atoms with Crippen molar-refractivity contribution in [2.45, 2.75) is 4.90 Å². The molecule has 3 aromatic rings. The molecule has 0 spiro atoms. The monoisotopic (exact) mass is 477 g/mol. The predicted molar refractivity (Wildman–Crippen MR) is 118 cm³/mol. The maximum Gasteiger partial charge on any atom is 0.267 e. The highest BCUT2D eigenvalue weighted by Crippen LogP contribution is 2.31. The number of halogens is 1. The summed E-state index contributed by atoms with van der Waals surface area (Å²) in [4.78, 5) is 17.2. The van der Waals surface area contributed by atoms with Crippen LogP contribution in [0.2, 0.25) is 0 Å². The highest BCUT2D eigenvalue weighted by molar-refractivity contribution is 7.89. The molecular formula is C21H20FN3O5S2. The van der Waals surface area contributed by atoms with Crippen LogP contribution in [0.25, 0.3) is 10.6 Å². The van der Waals surface area contributed by atoms with Crippen LogP contribution >= 0.6 is 11.3 Å². The van der Waals surface area contributed by atoms with Crippen molar-refractivity contribution in [2.75, 3.05) is 38.7 Å². The lowest BCUT2D eigenvalue weighted by Crippen LogP contribution is -2.40. The van der Waals surface area contributed by atoms with Gasteiger partial charge in [-0.25, -0.2) is 17.8 Å². The van der Waals surface area contributed by atoms with Gasteiger partial charge in [-0.05, 0) is 30.3 Å². The predicted octanol–water partition coefficient (Wildman–Crippen LogP) is 3.23. The number of hydrogen-bond donors (Lipinski definition) is 1. The molecule has 2 heterocycles. The zero-order chi connectivity index (χ0) is 22.7. The summed E-state index contributed by atoms with van der Waals surface area (Å²) in [7, 11) is -2.33. The van der Waals surface area contributed by atoms with Gasteiger partial charge < -0.3 is 14.8 Å². The van der Waals surface area contributed by atoms with Crippen LogP contribution in [0.15, 0.2) is 53.6 Å². The minimum absolute atomic E-state index is 0.0341. The number of ether oxygens (including phenoxy) is 2. The van der Waals surface area contributed by atoms with Crippen molar-refractivity contribution in [1.82, 2.24) is 9.29 Å². The van der Waals surface area contributed by atoms with E-state index in [0.717, 1.165) is 11.3 Å². The molecule has 1 saturated heterocycles. The molecule has 1 aromatic heterocycles. The number of morpholine rings is 1. The molecule has 0 saturated carbocycles. The molecule has 1 aliphatic heterocycles. The summed E-state index contributed by atoms with van der Waals surface area (Å²) in [5.74, 6) is -0.640. The third-order valence-electron chi connectivity index (χ3n) is 4.86. The summed E-state index contributed by atoms with van der Waals surface area (Å²) < 4.78 is 51.8. The molecular weight excluding hydrogens is 457 g/mol. The Hall–Kier alpha value is -2.86. The van der Waals surface area contributed by atoms with Crippen LogP contribution in [-0.4, -0.2) is 57.0 Å². The van der Waals surface area contributed by atoms with E-state index in [0.29, 0.717) is 29.5 Å². The first kappa shape index (κ1) is 22.3. The summed E-state index contributed by atoms with van der Waals surface area (Å²) in [5, 5.41) is 3.04. The minimum atomic E-state index is -3.75. The Morgan fingerprint density at radius 3 is 2.69 bits per heavy atom. The smallest absolute Gasteiger partial charge is 0.267 e. The molecule has 168 valence electrons. The number of carbonyl (C=O) groups excluding carboxylic acids is 1. The fourth-order valence-electron chi connectivity index (χ4n) is 3.20. The van der Waals surface area contributed by atoms with Crippen LogP contribution in [0, 0.1) is 5.82 Å². The normalized spacial score (nSPS) is 14.8. The van der Waals surface area contributed by atoms with Gasteiger partial charge in [0.05, 0.1) is 37.1 Å². The number of sulfonamides is 1. The van der Waals surface area contributed by atoms with Crippen LogP contribution in [0.1, 0.15) is 9.67 Å².